The summed E-state index contributed by atoms with van der Waals surface area (Å²) in [6, 6.07) is 0.932. The van der Waals surface area contributed by atoms with Crippen molar-refractivity contribution in [3.63, 3.8) is 0 Å². The number of benzene rings is 1. The molecule has 0 bridgehead atoms. The van der Waals surface area contributed by atoms with E-state index in [1.54, 1.807) is 0 Å². The number of phenols is 1. The number of hydrogen-bond acceptors (Lipinski definition) is 2. The van der Waals surface area contributed by atoms with Crippen molar-refractivity contribution >= 4 is 5.78 Å². The molecule has 1 aliphatic rings. The molecule has 0 radical (unpaired) electrons. The van der Waals surface area contributed by atoms with Gasteiger partial charge in [0.15, 0.2) is 23.2 Å². The molecule has 1 aliphatic carbocycles. The molecule has 1 aromatic carbocycles. The Morgan fingerprint density at radius 1 is 1.20 bits per heavy atom. The number of carbonyl (C=O) groups excluding carboxylic acids is 1. The molecule has 0 atom stereocenters. The van der Waals surface area contributed by atoms with Crippen molar-refractivity contribution in [2.45, 2.75) is 25.7 Å². The van der Waals surface area contributed by atoms with Crippen molar-refractivity contribution in [3.05, 3.63) is 28.8 Å². The van der Waals surface area contributed by atoms with E-state index < -0.39 is 17.4 Å². The Balaban J connectivity index is 2.65. The molecule has 0 aromatic heterocycles. The minimum atomic E-state index is -1.07. The summed E-state index contributed by atoms with van der Waals surface area (Å²) in [4.78, 5) is 11.5. The van der Waals surface area contributed by atoms with Gasteiger partial charge in [-0.2, -0.15) is 0 Å². The van der Waals surface area contributed by atoms with E-state index in [0.717, 1.165) is 6.07 Å². The quantitative estimate of drug-likeness (QED) is 0.671. The predicted molar refractivity (Wildman–Crippen MR) is 49.9 cm³/mol. The molecule has 0 fully saturated rings. The Morgan fingerprint density at radius 3 is 2.60 bits per heavy atom. The number of fused-ring (bicyclic) bond motifs is 1. The van der Waals surface area contributed by atoms with Crippen molar-refractivity contribution in [1.29, 1.82) is 0 Å². The van der Waals surface area contributed by atoms with Crippen LogP contribution < -0.4 is 0 Å². The van der Waals surface area contributed by atoms with Crippen LogP contribution in [0.4, 0.5) is 8.78 Å². The maximum Gasteiger partial charge on any atom is 0.188 e. The van der Waals surface area contributed by atoms with Crippen LogP contribution in [-0.4, -0.2) is 10.9 Å². The first-order chi connectivity index (χ1) is 7.11. The first kappa shape index (κ1) is 10.1. The molecular formula is C11H10F2O2. The molecule has 2 rings (SSSR count). The Labute approximate surface area is 85.5 Å². The lowest BCUT2D eigenvalue weighted by atomic mass is 10.0. The Morgan fingerprint density at radius 2 is 1.87 bits per heavy atom. The van der Waals surface area contributed by atoms with Crippen LogP contribution in [0.15, 0.2) is 6.07 Å². The van der Waals surface area contributed by atoms with E-state index in [-0.39, 0.29) is 16.9 Å². The molecular weight excluding hydrogens is 202 g/mol. The lowest BCUT2D eigenvalue weighted by molar-refractivity contribution is 0.0981. The second-order valence-corrected chi connectivity index (χ2v) is 3.68. The molecule has 4 heteroatoms. The normalized spacial score (nSPS) is 16.0. The molecule has 1 N–H and O–H groups in total. The summed E-state index contributed by atoms with van der Waals surface area (Å²) in [5.41, 5.74) is 0.233. The number of carbonyl (C=O) groups is 1. The fraction of sp³-hybridized carbons (Fsp3) is 0.364. The highest BCUT2D eigenvalue weighted by Gasteiger charge is 2.23. The van der Waals surface area contributed by atoms with Gasteiger partial charge in [-0.3, -0.25) is 4.79 Å². The summed E-state index contributed by atoms with van der Waals surface area (Å²) in [7, 11) is 0. The maximum atomic E-state index is 13.5. The SMILES string of the molecule is O=C1CCCCc2c1cc(F)c(O)c2F. The van der Waals surface area contributed by atoms with Crippen LogP contribution in [0.2, 0.25) is 0 Å². The van der Waals surface area contributed by atoms with E-state index in [9.17, 15) is 13.6 Å². The minimum absolute atomic E-state index is 0.0836. The van der Waals surface area contributed by atoms with E-state index in [2.05, 4.69) is 0 Å². The van der Waals surface area contributed by atoms with Gasteiger partial charge < -0.3 is 5.11 Å². The lowest BCUT2D eigenvalue weighted by Gasteiger charge is -2.08. The summed E-state index contributed by atoms with van der Waals surface area (Å²) >= 11 is 0. The second-order valence-electron chi connectivity index (χ2n) is 3.68. The van der Waals surface area contributed by atoms with Crippen molar-refractivity contribution < 1.29 is 18.7 Å². The van der Waals surface area contributed by atoms with Crippen LogP contribution in [-0.2, 0) is 6.42 Å². The van der Waals surface area contributed by atoms with Crippen LogP contribution in [0.25, 0.3) is 0 Å². The van der Waals surface area contributed by atoms with E-state index in [4.69, 9.17) is 5.11 Å². The molecule has 2 nitrogen and oxygen atoms in total. The number of phenolic OH excluding ortho intramolecular Hbond substituents is 1. The van der Waals surface area contributed by atoms with Crippen LogP contribution in [0.5, 0.6) is 5.75 Å². The topological polar surface area (TPSA) is 37.3 Å². The van der Waals surface area contributed by atoms with Crippen molar-refractivity contribution in [2.24, 2.45) is 0 Å². The van der Waals surface area contributed by atoms with Gasteiger partial charge >= 0.3 is 0 Å². The molecule has 0 saturated carbocycles. The lowest BCUT2D eigenvalue weighted by Crippen LogP contribution is -2.04. The molecule has 0 spiro atoms. The number of ketones is 1. The van der Waals surface area contributed by atoms with E-state index in [1.807, 2.05) is 0 Å². The van der Waals surface area contributed by atoms with Gasteiger partial charge in [0.2, 0.25) is 0 Å². The van der Waals surface area contributed by atoms with Crippen molar-refractivity contribution in [3.8, 4) is 5.75 Å². The van der Waals surface area contributed by atoms with Crippen molar-refractivity contribution in [2.75, 3.05) is 0 Å². The largest absolute Gasteiger partial charge is 0.503 e. The average Bonchev–Trinajstić information content (AvgIpc) is 2.39. The summed E-state index contributed by atoms with van der Waals surface area (Å²) in [5.74, 6) is -3.29. The van der Waals surface area contributed by atoms with Gasteiger partial charge in [0, 0.05) is 17.5 Å². The highest BCUT2D eigenvalue weighted by atomic mass is 19.1. The van der Waals surface area contributed by atoms with Crippen LogP contribution >= 0.6 is 0 Å². The molecule has 80 valence electrons. The molecule has 0 heterocycles. The van der Waals surface area contributed by atoms with Gasteiger partial charge in [0.25, 0.3) is 0 Å². The third kappa shape index (κ3) is 1.60. The number of aromatic hydroxyl groups is 1. The highest BCUT2D eigenvalue weighted by molar-refractivity contribution is 5.98. The smallest absolute Gasteiger partial charge is 0.188 e. The van der Waals surface area contributed by atoms with Gasteiger partial charge in [-0.05, 0) is 25.3 Å². The molecule has 15 heavy (non-hydrogen) atoms. The summed E-state index contributed by atoms with van der Waals surface area (Å²) in [5, 5.41) is 9.08. The second kappa shape index (κ2) is 3.61. The first-order valence-electron chi connectivity index (χ1n) is 4.84. The zero-order valence-corrected chi connectivity index (χ0v) is 8.02. The zero-order chi connectivity index (χ0) is 11.0. The Hall–Kier alpha value is -1.45. The van der Waals surface area contributed by atoms with Crippen LogP contribution in [0, 0.1) is 11.6 Å². The molecule has 0 unspecified atom stereocenters. The summed E-state index contributed by atoms with van der Waals surface area (Å²) < 4.78 is 26.5. The molecule has 0 saturated heterocycles. The number of hydrogen-bond donors (Lipinski definition) is 1. The number of Topliss-reactive ketones (excluding diaryl/α,β-unsaturated/α-hetero) is 1. The fourth-order valence-electron chi connectivity index (χ4n) is 1.86. The predicted octanol–water partition coefficient (Wildman–Crippen LogP) is 2.58. The monoisotopic (exact) mass is 212 g/mol. The molecule has 0 aliphatic heterocycles. The number of halogens is 2. The standard InChI is InChI=1S/C11H10F2O2/c12-8-5-7-6(10(13)11(8)15)3-1-2-4-9(7)14/h5,15H,1-4H2. The van der Waals surface area contributed by atoms with E-state index in [1.165, 1.54) is 0 Å². The van der Waals surface area contributed by atoms with Crippen LogP contribution in [0.1, 0.15) is 35.2 Å². The summed E-state index contributed by atoms with van der Waals surface area (Å²) in [6.45, 7) is 0. The molecule has 0 amide bonds. The zero-order valence-electron chi connectivity index (χ0n) is 8.02. The average molecular weight is 212 g/mol. The summed E-state index contributed by atoms with van der Waals surface area (Å²) in [6.07, 6.45) is 2.05. The Bertz CT molecular complexity index is 427. The molecule has 1 aromatic rings. The van der Waals surface area contributed by atoms with Gasteiger partial charge in [-0.1, -0.05) is 0 Å². The van der Waals surface area contributed by atoms with Gasteiger partial charge in [0.1, 0.15) is 0 Å². The fourth-order valence-corrected chi connectivity index (χ4v) is 1.86. The maximum absolute atomic E-state index is 13.5. The minimum Gasteiger partial charge on any atom is -0.503 e. The van der Waals surface area contributed by atoms with E-state index >= 15 is 0 Å². The first-order valence-corrected chi connectivity index (χ1v) is 4.84. The Kier molecular flexibility index (Phi) is 2.42. The number of rotatable bonds is 0. The van der Waals surface area contributed by atoms with Gasteiger partial charge in [-0.15, -0.1) is 0 Å². The van der Waals surface area contributed by atoms with Gasteiger partial charge in [0.05, 0.1) is 0 Å². The van der Waals surface area contributed by atoms with Gasteiger partial charge in [-0.25, -0.2) is 8.78 Å². The highest BCUT2D eigenvalue weighted by Crippen LogP contribution is 2.30. The van der Waals surface area contributed by atoms with E-state index in [0.29, 0.717) is 25.7 Å². The van der Waals surface area contributed by atoms with Crippen LogP contribution in [0.3, 0.4) is 0 Å². The third-order valence-electron chi connectivity index (χ3n) is 2.68. The van der Waals surface area contributed by atoms with Crippen molar-refractivity contribution in [1.82, 2.24) is 0 Å². The third-order valence-corrected chi connectivity index (χ3v) is 2.68.